The van der Waals surface area contributed by atoms with Gasteiger partial charge in [-0.2, -0.15) is 17.5 Å². The number of aryl methyl sites for hydroxylation is 1. The number of sulfonamides is 1. The lowest BCUT2D eigenvalue weighted by Gasteiger charge is -2.52. The molecule has 10 heteroatoms. The number of nitrogens with zero attached hydrogens (tertiary/aromatic N) is 2. The van der Waals surface area contributed by atoms with Crippen LogP contribution in [-0.2, 0) is 26.1 Å². The summed E-state index contributed by atoms with van der Waals surface area (Å²) < 4.78 is 72.4. The first-order chi connectivity index (χ1) is 11.6. The molecule has 0 amide bonds. The summed E-state index contributed by atoms with van der Waals surface area (Å²) >= 11 is 0. The number of hydrogen-bond donors (Lipinski definition) is 0. The van der Waals surface area contributed by atoms with Gasteiger partial charge in [-0.25, -0.2) is 8.42 Å². The molecule has 1 spiro atoms. The first kappa shape index (κ1) is 18.6. The van der Waals surface area contributed by atoms with Crippen molar-refractivity contribution in [2.24, 2.45) is 0 Å². The maximum absolute atomic E-state index is 12.6. The molecule has 1 aromatic rings. The SMILES string of the molecule is Cc1ccncc1COC1CCOC2(C1)CN(S(=O)(=O)C(F)(F)F)C2. The maximum atomic E-state index is 12.6. The lowest BCUT2D eigenvalue weighted by atomic mass is 9.86. The highest BCUT2D eigenvalue weighted by molar-refractivity contribution is 7.90. The summed E-state index contributed by atoms with van der Waals surface area (Å²) in [6.45, 7) is 2.04. The number of alkyl halides is 3. The summed E-state index contributed by atoms with van der Waals surface area (Å²) in [5, 5.41) is 0. The lowest BCUT2D eigenvalue weighted by molar-refractivity contribution is -0.183. The van der Waals surface area contributed by atoms with Gasteiger partial charge in [0.1, 0.15) is 0 Å². The first-order valence-corrected chi connectivity index (χ1v) is 9.28. The Morgan fingerprint density at radius 2 is 2.16 bits per heavy atom. The van der Waals surface area contributed by atoms with Crippen LogP contribution in [0.4, 0.5) is 13.2 Å². The monoisotopic (exact) mass is 380 g/mol. The number of aromatic nitrogens is 1. The van der Waals surface area contributed by atoms with E-state index in [9.17, 15) is 21.6 Å². The van der Waals surface area contributed by atoms with Gasteiger partial charge in [0.2, 0.25) is 0 Å². The van der Waals surface area contributed by atoms with Gasteiger partial charge in [0.25, 0.3) is 0 Å². The third kappa shape index (κ3) is 3.67. The number of halogens is 3. The Morgan fingerprint density at radius 1 is 1.44 bits per heavy atom. The van der Waals surface area contributed by atoms with E-state index in [1.807, 2.05) is 13.0 Å². The van der Waals surface area contributed by atoms with Crippen LogP contribution in [-0.4, -0.2) is 54.6 Å². The van der Waals surface area contributed by atoms with Crippen LogP contribution >= 0.6 is 0 Å². The van der Waals surface area contributed by atoms with Crippen molar-refractivity contribution in [3.05, 3.63) is 29.6 Å². The van der Waals surface area contributed by atoms with E-state index in [0.717, 1.165) is 11.1 Å². The summed E-state index contributed by atoms with van der Waals surface area (Å²) in [6, 6.07) is 1.87. The van der Waals surface area contributed by atoms with Crippen molar-refractivity contribution >= 4 is 10.0 Å². The fourth-order valence-electron chi connectivity index (χ4n) is 3.11. The van der Waals surface area contributed by atoms with Gasteiger partial charge in [-0.15, -0.1) is 0 Å². The van der Waals surface area contributed by atoms with E-state index in [1.54, 1.807) is 12.4 Å². The minimum Gasteiger partial charge on any atom is -0.373 e. The van der Waals surface area contributed by atoms with Crippen LogP contribution in [0.15, 0.2) is 18.5 Å². The predicted molar refractivity (Wildman–Crippen MR) is 82.0 cm³/mol. The van der Waals surface area contributed by atoms with E-state index >= 15 is 0 Å². The predicted octanol–water partition coefficient (Wildman–Crippen LogP) is 1.99. The molecular weight excluding hydrogens is 361 g/mol. The van der Waals surface area contributed by atoms with Crippen molar-refractivity contribution in [2.45, 2.75) is 43.6 Å². The van der Waals surface area contributed by atoms with Crippen LogP contribution < -0.4 is 0 Å². The maximum Gasteiger partial charge on any atom is 0.511 e. The van der Waals surface area contributed by atoms with E-state index in [-0.39, 0.29) is 19.2 Å². The molecule has 0 radical (unpaired) electrons. The molecule has 1 aromatic heterocycles. The Balaban J connectivity index is 1.57. The standard InChI is InChI=1S/C15H19F3N2O4S/c1-11-2-4-19-7-12(11)8-23-13-3-5-24-14(6-13)9-20(10-14)25(21,22)15(16,17)18/h2,4,7,13H,3,5-6,8-10H2,1H3. The summed E-state index contributed by atoms with van der Waals surface area (Å²) in [7, 11) is -5.29. The number of hydrogen-bond acceptors (Lipinski definition) is 5. The lowest BCUT2D eigenvalue weighted by Crippen LogP contribution is -2.68. The second-order valence-corrected chi connectivity index (χ2v) is 8.41. The minimum atomic E-state index is -5.29. The highest BCUT2D eigenvalue weighted by atomic mass is 32.2. The van der Waals surface area contributed by atoms with E-state index in [1.165, 1.54) is 0 Å². The average molecular weight is 380 g/mol. The zero-order chi connectivity index (χ0) is 18.3. The molecule has 1 unspecified atom stereocenters. The van der Waals surface area contributed by atoms with Gasteiger partial charge in [-0.1, -0.05) is 0 Å². The molecule has 0 saturated carbocycles. The quantitative estimate of drug-likeness (QED) is 0.799. The Morgan fingerprint density at radius 3 is 2.80 bits per heavy atom. The zero-order valence-corrected chi connectivity index (χ0v) is 14.4. The van der Waals surface area contributed by atoms with E-state index < -0.39 is 21.1 Å². The highest BCUT2D eigenvalue weighted by Gasteiger charge is 2.59. The van der Waals surface area contributed by atoms with Gasteiger partial charge in [0, 0.05) is 38.5 Å². The first-order valence-electron chi connectivity index (χ1n) is 7.84. The molecule has 140 valence electrons. The smallest absolute Gasteiger partial charge is 0.373 e. The molecule has 3 rings (SSSR count). The van der Waals surface area contributed by atoms with Crippen LogP contribution in [0.25, 0.3) is 0 Å². The van der Waals surface area contributed by atoms with Gasteiger partial charge in [-0.05, 0) is 30.5 Å². The average Bonchev–Trinajstić information content (AvgIpc) is 2.51. The molecule has 0 N–H and O–H groups in total. The molecule has 0 aromatic carbocycles. The number of rotatable bonds is 4. The van der Waals surface area contributed by atoms with Gasteiger partial charge < -0.3 is 9.47 Å². The Bertz CT molecular complexity index is 733. The Labute approximate surface area is 144 Å². The molecule has 6 nitrogen and oxygen atoms in total. The highest BCUT2D eigenvalue weighted by Crippen LogP contribution is 2.40. The molecule has 2 aliphatic rings. The molecular formula is C15H19F3N2O4S. The summed E-state index contributed by atoms with van der Waals surface area (Å²) in [5.74, 6) is 0. The zero-order valence-electron chi connectivity index (χ0n) is 13.6. The van der Waals surface area contributed by atoms with Crippen LogP contribution in [0.3, 0.4) is 0 Å². The van der Waals surface area contributed by atoms with Crippen LogP contribution in [0.5, 0.6) is 0 Å². The van der Waals surface area contributed by atoms with Crippen molar-refractivity contribution in [3.63, 3.8) is 0 Å². The summed E-state index contributed by atoms with van der Waals surface area (Å²) in [6.07, 6.45) is 4.20. The fourth-order valence-corrected chi connectivity index (χ4v) is 4.22. The van der Waals surface area contributed by atoms with Gasteiger partial charge in [0.15, 0.2) is 0 Å². The van der Waals surface area contributed by atoms with Crippen molar-refractivity contribution in [2.75, 3.05) is 19.7 Å². The van der Waals surface area contributed by atoms with Crippen molar-refractivity contribution < 1.29 is 31.1 Å². The molecule has 2 aliphatic heterocycles. The van der Waals surface area contributed by atoms with Crippen LogP contribution in [0, 0.1) is 6.92 Å². The van der Waals surface area contributed by atoms with Gasteiger partial charge >= 0.3 is 15.5 Å². The van der Waals surface area contributed by atoms with E-state index in [0.29, 0.717) is 30.4 Å². The molecule has 2 fully saturated rings. The molecule has 25 heavy (non-hydrogen) atoms. The Kier molecular flexibility index (Phi) is 4.82. The third-order valence-electron chi connectivity index (χ3n) is 4.63. The fraction of sp³-hybridized carbons (Fsp3) is 0.667. The largest absolute Gasteiger partial charge is 0.511 e. The second kappa shape index (κ2) is 6.49. The van der Waals surface area contributed by atoms with Crippen molar-refractivity contribution in [3.8, 4) is 0 Å². The summed E-state index contributed by atoms with van der Waals surface area (Å²) in [5.41, 5.74) is -4.18. The van der Waals surface area contributed by atoms with Crippen molar-refractivity contribution in [1.82, 2.24) is 9.29 Å². The molecule has 0 bridgehead atoms. The molecule has 2 saturated heterocycles. The van der Waals surface area contributed by atoms with Crippen LogP contribution in [0.1, 0.15) is 24.0 Å². The van der Waals surface area contributed by atoms with Gasteiger partial charge in [0.05, 0.1) is 18.3 Å². The van der Waals surface area contributed by atoms with Gasteiger partial charge in [-0.3, -0.25) is 4.98 Å². The van der Waals surface area contributed by atoms with Crippen molar-refractivity contribution in [1.29, 1.82) is 0 Å². The normalized spacial score (nSPS) is 24.2. The third-order valence-corrected chi connectivity index (χ3v) is 6.15. The number of ether oxygens (including phenoxy) is 2. The molecule has 0 aliphatic carbocycles. The molecule has 1 atom stereocenters. The van der Waals surface area contributed by atoms with E-state index in [4.69, 9.17) is 9.47 Å². The Hall–Kier alpha value is -1.23. The number of pyridine rings is 1. The minimum absolute atomic E-state index is 0.191. The topological polar surface area (TPSA) is 68.7 Å². The second-order valence-electron chi connectivity index (χ2n) is 6.48. The van der Waals surface area contributed by atoms with E-state index in [2.05, 4.69) is 4.98 Å². The van der Waals surface area contributed by atoms with Crippen LogP contribution in [0.2, 0.25) is 0 Å². The molecule has 3 heterocycles. The summed E-state index contributed by atoms with van der Waals surface area (Å²) in [4.78, 5) is 4.04.